The predicted octanol–water partition coefficient (Wildman–Crippen LogP) is 5.09. The Morgan fingerprint density at radius 2 is 1.72 bits per heavy atom. The number of carbonyl (C=O) groups is 2. The van der Waals surface area contributed by atoms with E-state index in [4.69, 9.17) is 0 Å². The van der Waals surface area contributed by atoms with Crippen LogP contribution in [0.3, 0.4) is 0 Å². The molecule has 0 radical (unpaired) electrons. The minimum Gasteiger partial charge on any atom is -0.392 e. The third kappa shape index (κ3) is 7.12. The first kappa shape index (κ1) is 22.2. The van der Waals surface area contributed by atoms with Gasteiger partial charge in [-0.25, -0.2) is 0 Å². The summed E-state index contributed by atoms with van der Waals surface area (Å²) in [6, 6.07) is 0. The monoisotopic (exact) mass is 360 g/mol. The van der Waals surface area contributed by atoms with Crippen LogP contribution in [0.15, 0.2) is 0 Å². The molecule has 1 aliphatic carbocycles. The van der Waals surface area contributed by atoms with Crippen molar-refractivity contribution in [1.29, 1.82) is 0 Å². The lowest BCUT2D eigenvalue weighted by atomic mass is 9.85. The van der Waals surface area contributed by atoms with Crippen molar-refractivity contribution < 1.29 is 23.5 Å². The second-order valence-electron chi connectivity index (χ2n) is 7.48. The van der Waals surface area contributed by atoms with Crippen LogP contribution in [-0.4, -0.2) is 28.7 Å². The summed E-state index contributed by atoms with van der Waals surface area (Å²) in [4.78, 5) is 23.9. The molecule has 0 unspecified atom stereocenters. The standard InChI is InChI=1S/C20H34F2O3/c1-3-5-7-8-9-10-15-16(18(24)14-17(15)23)11-12-19(25)20(21,22)13-6-4-2/h15-16,18,24H,3-14H2,1-2H3/t15-,16-,18-/m1/s1. The van der Waals surface area contributed by atoms with Crippen molar-refractivity contribution in [3.05, 3.63) is 0 Å². The number of carbonyl (C=O) groups excluding carboxylic acids is 2. The smallest absolute Gasteiger partial charge is 0.305 e. The SMILES string of the molecule is CCCCCCC[C@H]1C(=O)C[C@@H](O)[C@@H]1CCC(=O)C(F)(F)CCCC. The van der Waals surface area contributed by atoms with E-state index in [2.05, 4.69) is 6.92 Å². The van der Waals surface area contributed by atoms with E-state index >= 15 is 0 Å². The van der Waals surface area contributed by atoms with Gasteiger partial charge in [0.2, 0.25) is 5.78 Å². The topological polar surface area (TPSA) is 54.4 Å². The maximum Gasteiger partial charge on any atom is 0.305 e. The molecule has 3 atom stereocenters. The number of hydrogen-bond acceptors (Lipinski definition) is 3. The van der Waals surface area contributed by atoms with E-state index in [1.807, 2.05) is 6.92 Å². The molecule has 146 valence electrons. The quantitative estimate of drug-likeness (QED) is 0.466. The van der Waals surface area contributed by atoms with E-state index in [1.165, 1.54) is 6.42 Å². The molecule has 1 saturated carbocycles. The molecule has 1 rings (SSSR count). The minimum atomic E-state index is -3.28. The highest BCUT2D eigenvalue weighted by Gasteiger charge is 2.43. The van der Waals surface area contributed by atoms with Crippen molar-refractivity contribution in [2.45, 2.75) is 103 Å². The van der Waals surface area contributed by atoms with Gasteiger partial charge in [0.25, 0.3) is 0 Å². The van der Waals surface area contributed by atoms with Gasteiger partial charge in [-0.3, -0.25) is 9.59 Å². The van der Waals surface area contributed by atoms with Gasteiger partial charge in [0.15, 0.2) is 0 Å². The lowest BCUT2D eigenvalue weighted by Crippen LogP contribution is -2.30. The summed E-state index contributed by atoms with van der Waals surface area (Å²) < 4.78 is 27.6. The highest BCUT2D eigenvalue weighted by Crippen LogP contribution is 2.37. The highest BCUT2D eigenvalue weighted by molar-refractivity contribution is 5.86. The van der Waals surface area contributed by atoms with Crippen molar-refractivity contribution >= 4 is 11.6 Å². The van der Waals surface area contributed by atoms with E-state index < -0.39 is 24.2 Å². The van der Waals surface area contributed by atoms with Gasteiger partial charge in [0.05, 0.1) is 6.10 Å². The molecule has 1 fully saturated rings. The van der Waals surface area contributed by atoms with Crippen molar-refractivity contribution in [2.24, 2.45) is 11.8 Å². The molecule has 0 aromatic heterocycles. The molecule has 25 heavy (non-hydrogen) atoms. The number of Topliss-reactive ketones (excluding diaryl/α,β-unsaturated/α-hetero) is 2. The van der Waals surface area contributed by atoms with Crippen LogP contribution in [0.1, 0.15) is 90.9 Å². The average Bonchev–Trinajstić information content (AvgIpc) is 2.83. The summed E-state index contributed by atoms with van der Waals surface area (Å²) in [5, 5.41) is 10.1. The third-order valence-corrected chi connectivity index (χ3v) is 5.41. The molecule has 1 aliphatic rings. The fourth-order valence-corrected chi connectivity index (χ4v) is 3.77. The maximum absolute atomic E-state index is 13.8. The first-order chi connectivity index (χ1) is 11.8. The Morgan fingerprint density at radius 1 is 1.08 bits per heavy atom. The summed E-state index contributed by atoms with van der Waals surface area (Å²) in [6.45, 7) is 3.95. The second-order valence-corrected chi connectivity index (χ2v) is 7.48. The van der Waals surface area contributed by atoms with Crippen LogP contribution in [-0.2, 0) is 9.59 Å². The molecule has 0 bridgehead atoms. The van der Waals surface area contributed by atoms with Crippen LogP contribution in [0.2, 0.25) is 0 Å². The molecule has 0 amide bonds. The van der Waals surface area contributed by atoms with Crippen molar-refractivity contribution in [3.63, 3.8) is 0 Å². The van der Waals surface area contributed by atoms with Crippen LogP contribution in [0, 0.1) is 11.8 Å². The van der Waals surface area contributed by atoms with Crippen LogP contribution in [0.4, 0.5) is 8.78 Å². The Morgan fingerprint density at radius 3 is 2.36 bits per heavy atom. The van der Waals surface area contributed by atoms with Gasteiger partial charge in [-0.1, -0.05) is 52.4 Å². The molecular weight excluding hydrogens is 326 g/mol. The molecule has 3 nitrogen and oxygen atoms in total. The first-order valence-corrected chi connectivity index (χ1v) is 9.95. The van der Waals surface area contributed by atoms with E-state index in [-0.39, 0.29) is 36.9 Å². The van der Waals surface area contributed by atoms with E-state index in [1.54, 1.807) is 0 Å². The normalized spacial score (nSPS) is 24.0. The van der Waals surface area contributed by atoms with Crippen molar-refractivity contribution in [1.82, 2.24) is 0 Å². The number of unbranched alkanes of at least 4 members (excludes halogenated alkanes) is 5. The first-order valence-electron chi connectivity index (χ1n) is 9.95. The van der Waals surface area contributed by atoms with Gasteiger partial charge in [-0.15, -0.1) is 0 Å². The third-order valence-electron chi connectivity index (χ3n) is 5.41. The Hall–Kier alpha value is -0.840. The molecule has 0 aromatic rings. The predicted molar refractivity (Wildman–Crippen MR) is 94.7 cm³/mol. The Labute approximate surface area is 150 Å². The largest absolute Gasteiger partial charge is 0.392 e. The zero-order valence-corrected chi connectivity index (χ0v) is 15.7. The second kappa shape index (κ2) is 11.0. The molecule has 0 heterocycles. The number of hydrogen-bond donors (Lipinski definition) is 1. The molecule has 1 N–H and O–H groups in total. The Kier molecular flexibility index (Phi) is 9.77. The average molecular weight is 360 g/mol. The van der Waals surface area contributed by atoms with Crippen LogP contribution in [0.25, 0.3) is 0 Å². The number of alkyl halides is 2. The van der Waals surface area contributed by atoms with E-state index in [0.717, 1.165) is 25.7 Å². The van der Waals surface area contributed by atoms with Crippen LogP contribution < -0.4 is 0 Å². The van der Waals surface area contributed by atoms with E-state index in [0.29, 0.717) is 19.3 Å². The lowest BCUT2D eigenvalue weighted by Gasteiger charge is -2.22. The minimum absolute atomic E-state index is 0.0261. The van der Waals surface area contributed by atoms with Gasteiger partial charge in [-0.2, -0.15) is 8.78 Å². The van der Waals surface area contributed by atoms with Crippen LogP contribution in [0.5, 0.6) is 0 Å². The van der Waals surface area contributed by atoms with Gasteiger partial charge in [0, 0.05) is 25.2 Å². The highest BCUT2D eigenvalue weighted by atomic mass is 19.3. The summed E-state index contributed by atoms with van der Waals surface area (Å²) in [5.74, 6) is -4.91. The zero-order chi connectivity index (χ0) is 18.9. The maximum atomic E-state index is 13.8. The molecule has 0 aliphatic heterocycles. The molecule has 0 spiro atoms. The zero-order valence-electron chi connectivity index (χ0n) is 15.7. The summed E-state index contributed by atoms with van der Waals surface area (Å²) in [6.07, 6.45) is 5.91. The van der Waals surface area contributed by atoms with Gasteiger partial charge < -0.3 is 5.11 Å². The molecule has 5 heteroatoms. The molecule has 0 aromatic carbocycles. The Balaban J connectivity index is 2.50. The molecular formula is C20H34F2O3. The van der Waals surface area contributed by atoms with E-state index in [9.17, 15) is 23.5 Å². The number of aliphatic hydroxyl groups excluding tert-OH is 1. The van der Waals surface area contributed by atoms with Crippen molar-refractivity contribution in [3.8, 4) is 0 Å². The molecule has 0 saturated heterocycles. The van der Waals surface area contributed by atoms with Gasteiger partial charge >= 0.3 is 5.92 Å². The Bertz CT molecular complexity index is 423. The fraction of sp³-hybridized carbons (Fsp3) is 0.900. The lowest BCUT2D eigenvalue weighted by molar-refractivity contribution is -0.144. The van der Waals surface area contributed by atoms with Crippen molar-refractivity contribution in [2.75, 3.05) is 0 Å². The number of ketones is 2. The summed E-state index contributed by atoms with van der Waals surface area (Å²) in [5.41, 5.74) is 0. The van der Waals surface area contributed by atoms with Gasteiger partial charge in [0.1, 0.15) is 5.78 Å². The number of aliphatic hydroxyl groups is 1. The van der Waals surface area contributed by atoms with Crippen LogP contribution >= 0.6 is 0 Å². The summed E-state index contributed by atoms with van der Waals surface area (Å²) in [7, 11) is 0. The fourth-order valence-electron chi connectivity index (χ4n) is 3.77. The van der Waals surface area contributed by atoms with Gasteiger partial charge in [-0.05, 0) is 25.2 Å². The summed E-state index contributed by atoms with van der Waals surface area (Å²) >= 11 is 0. The number of rotatable bonds is 13. The number of halogens is 2.